The first-order valence-corrected chi connectivity index (χ1v) is 9.27. The van der Waals surface area contributed by atoms with E-state index in [2.05, 4.69) is 5.32 Å². The number of hydrogen-bond acceptors (Lipinski definition) is 4. The maximum Gasteiger partial charge on any atom is 0.335 e. The van der Waals surface area contributed by atoms with Crippen molar-refractivity contribution in [3.05, 3.63) is 102 Å². The number of hydrogen-bond donors (Lipinski definition) is 2. The van der Waals surface area contributed by atoms with E-state index in [1.165, 1.54) is 12.1 Å². The number of ketones is 1. The number of para-hydroxylation sites is 1. The summed E-state index contributed by atoms with van der Waals surface area (Å²) in [5.74, 6) is -0.754. The first-order chi connectivity index (χ1) is 14.1. The van der Waals surface area contributed by atoms with Crippen LogP contribution in [-0.4, -0.2) is 16.9 Å². The first kappa shape index (κ1) is 18.5. The van der Waals surface area contributed by atoms with Gasteiger partial charge in [-0.3, -0.25) is 4.79 Å². The van der Waals surface area contributed by atoms with E-state index in [9.17, 15) is 9.59 Å². The van der Waals surface area contributed by atoms with Crippen molar-refractivity contribution in [2.75, 3.05) is 5.32 Å². The van der Waals surface area contributed by atoms with E-state index in [-0.39, 0.29) is 23.8 Å². The number of anilines is 1. The van der Waals surface area contributed by atoms with Crippen molar-refractivity contribution >= 4 is 28.4 Å². The number of fused-ring (bicyclic) bond motifs is 1. The van der Waals surface area contributed by atoms with Crippen LogP contribution < -0.4 is 5.32 Å². The number of furan rings is 1. The number of Topliss-reactive ketones (excluding diaryl/α,β-unsaturated/α-hetero) is 1. The van der Waals surface area contributed by atoms with E-state index in [0.29, 0.717) is 11.3 Å². The molecule has 4 aromatic rings. The third-order valence-electron chi connectivity index (χ3n) is 4.76. The molecule has 1 aromatic heterocycles. The highest BCUT2D eigenvalue weighted by Crippen LogP contribution is 2.27. The Balaban J connectivity index is 1.58. The second kappa shape index (κ2) is 8.02. The highest BCUT2D eigenvalue weighted by Gasteiger charge is 2.20. The Labute approximate surface area is 167 Å². The number of carbonyl (C=O) groups is 2. The van der Waals surface area contributed by atoms with Gasteiger partial charge in [0.2, 0.25) is 0 Å². The van der Waals surface area contributed by atoms with Crippen LogP contribution in [0.3, 0.4) is 0 Å². The number of nitrogens with one attached hydrogen (secondary N) is 1. The Hall–Kier alpha value is -3.86. The van der Waals surface area contributed by atoms with Crippen molar-refractivity contribution in [3.63, 3.8) is 0 Å². The van der Waals surface area contributed by atoms with Crippen LogP contribution in [0.25, 0.3) is 11.0 Å². The lowest BCUT2D eigenvalue weighted by Crippen LogP contribution is -2.15. The average molecular weight is 385 g/mol. The van der Waals surface area contributed by atoms with E-state index in [0.717, 1.165) is 16.6 Å². The molecular weight excluding hydrogens is 366 g/mol. The molecule has 4 rings (SSSR count). The van der Waals surface area contributed by atoms with Crippen molar-refractivity contribution in [3.8, 4) is 0 Å². The largest absolute Gasteiger partial charge is 0.478 e. The van der Waals surface area contributed by atoms with Gasteiger partial charge < -0.3 is 14.8 Å². The monoisotopic (exact) mass is 385 g/mol. The summed E-state index contributed by atoms with van der Waals surface area (Å²) < 4.78 is 5.72. The molecule has 0 spiro atoms. The van der Waals surface area contributed by atoms with E-state index in [4.69, 9.17) is 9.52 Å². The van der Waals surface area contributed by atoms with Crippen molar-refractivity contribution in [1.82, 2.24) is 0 Å². The second-order valence-electron chi connectivity index (χ2n) is 6.77. The zero-order valence-electron chi connectivity index (χ0n) is 15.5. The molecule has 0 saturated carbocycles. The molecule has 29 heavy (non-hydrogen) atoms. The molecule has 2 N–H and O–H groups in total. The Morgan fingerprint density at radius 2 is 1.59 bits per heavy atom. The van der Waals surface area contributed by atoms with Crippen molar-refractivity contribution in [2.24, 2.45) is 0 Å². The number of carboxylic acids is 1. The molecule has 5 heteroatoms. The van der Waals surface area contributed by atoms with Gasteiger partial charge in [0.25, 0.3) is 0 Å². The molecule has 1 atom stereocenters. The molecule has 144 valence electrons. The Morgan fingerprint density at radius 3 is 2.28 bits per heavy atom. The van der Waals surface area contributed by atoms with E-state index >= 15 is 0 Å². The first-order valence-electron chi connectivity index (χ1n) is 9.27. The number of benzene rings is 3. The highest BCUT2D eigenvalue weighted by molar-refractivity contribution is 5.98. The van der Waals surface area contributed by atoms with Crippen LogP contribution >= 0.6 is 0 Å². The van der Waals surface area contributed by atoms with E-state index < -0.39 is 5.97 Å². The molecule has 0 radical (unpaired) electrons. The molecule has 5 nitrogen and oxygen atoms in total. The fourth-order valence-corrected chi connectivity index (χ4v) is 3.25. The highest BCUT2D eigenvalue weighted by atomic mass is 16.4. The molecule has 0 fully saturated rings. The summed E-state index contributed by atoms with van der Waals surface area (Å²) in [7, 11) is 0. The van der Waals surface area contributed by atoms with Crippen LogP contribution in [-0.2, 0) is 0 Å². The maximum atomic E-state index is 12.9. The van der Waals surface area contributed by atoms with Gasteiger partial charge in [-0.1, -0.05) is 48.5 Å². The molecular formula is C24H19NO4. The van der Waals surface area contributed by atoms with Gasteiger partial charge in [0.15, 0.2) is 11.5 Å². The molecule has 3 aromatic carbocycles. The lowest BCUT2D eigenvalue weighted by atomic mass is 9.99. The normalized spacial score (nSPS) is 11.9. The van der Waals surface area contributed by atoms with Crippen LogP contribution in [0.15, 0.2) is 89.3 Å². The van der Waals surface area contributed by atoms with Crippen LogP contribution in [0.1, 0.15) is 38.9 Å². The molecule has 0 aliphatic heterocycles. The third kappa shape index (κ3) is 4.19. The predicted octanol–water partition coefficient (Wildman–Crippen LogP) is 5.56. The summed E-state index contributed by atoms with van der Waals surface area (Å²) in [6, 6.07) is 25.1. The number of carbonyl (C=O) groups excluding carboxylic acids is 1. The molecule has 0 amide bonds. The lowest BCUT2D eigenvalue weighted by molar-refractivity contribution is 0.0696. The lowest BCUT2D eigenvalue weighted by Gasteiger charge is -2.19. The molecule has 0 aliphatic rings. The van der Waals surface area contributed by atoms with Gasteiger partial charge in [-0.05, 0) is 42.0 Å². The zero-order valence-corrected chi connectivity index (χ0v) is 15.5. The van der Waals surface area contributed by atoms with E-state index in [1.54, 1.807) is 18.2 Å². The smallest absolute Gasteiger partial charge is 0.335 e. The Bertz CT molecular complexity index is 1110. The quantitative estimate of drug-likeness (QED) is 0.407. The summed E-state index contributed by atoms with van der Waals surface area (Å²) in [6.45, 7) is 0. The molecule has 1 heterocycles. The topological polar surface area (TPSA) is 79.5 Å². The fourth-order valence-electron chi connectivity index (χ4n) is 3.25. The minimum atomic E-state index is -0.976. The number of rotatable bonds is 7. The standard InChI is InChI=1S/C24H19NO4/c26-21(23-14-18-8-4-5-9-22(18)29-23)15-20(16-6-2-1-3-7-16)25-19-12-10-17(11-13-19)24(27)28/h1-14,20,25H,15H2,(H,27,28). The van der Waals surface area contributed by atoms with Crippen molar-refractivity contribution in [1.29, 1.82) is 0 Å². The SMILES string of the molecule is O=C(O)c1ccc(NC(CC(=O)c2cc3ccccc3o2)c2ccccc2)cc1. The van der Waals surface area contributed by atoms with Gasteiger partial charge in [-0.25, -0.2) is 4.79 Å². The number of aromatic carboxylic acids is 1. The van der Waals surface area contributed by atoms with Gasteiger partial charge in [-0.15, -0.1) is 0 Å². The average Bonchev–Trinajstić information content (AvgIpc) is 3.19. The van der Waals surface area contributed by atoms with Crippen LogP contribution in [0.2, 0.25) is 0 Å². The van der Waals surface area contributed by atoms with Crippen LogP contribution in [0, 0.1) is 0 Å². The zero-order chi connectivity index (χ0) is 20.2. The molecule has 1 unspecified atom stereocenters. The third-order valence-corrected chi connectivity index (χ3v) is 4.76. The Kier molecular flexibility index (Phi) is 5.12. The summed E-state index contributed by atoms with van der Waals surface area (Å²) >= 11 is 0. The maximum absolute atomic E-state index is 12.9. The van der Waals surface area contributed by atoms with Crippen LogP contribution in [0.4, 0.5) is 5.69 Å². The summed E-state index contributed by atoms with van der Waals surface area (Å²) in [4.78, 5) is 24.0. The summed E-state index contributed by atoms with van der Waals surface area (Å²) in [5, 5.41) is 13.3. The van der Waals surface area contributed by atoms with E-state index in [1.807, 2.05) is 54.6 Å². The van der Waals surface area contributed by atoms with Gasteiger partial charge in [0, 0.05) is 17.5 Å². The fraction of sp³-hybridized carbons (Fsp3) is 0.0833. The second-order valence-corrected chi connectivity index (χ2v) is 6.77. The predicted molar refractivity (Wildman–Crippen MR) is 111 cm³/mol. The van der Waals surface area contributed by atoms with Gasteiger partial charge in [0.1, 0.15) is 5.58 Å². The van der Waals surface area contributed by atoms with Crippen molar-refractivity contribution < 1.29 is 19.1 Å². The van der Waals surface area contributed by atoms with Crippen molar-refractivity contribution in [2.45, 2.75) is 12.5 Å². The minimum absolute atomic E-state index is 0.107. The van der Waals surface area contributed by atoms with Gasteiger partial charge in [0.05, 0.1) is 11.6 Å². The van der Waals surface area contributed by atoms with Gasteiger partial charge in [-0.2, -0.15) is 0 Å². The number of carboxylic acid groups (broad SMARTS) is 1. The molecule has 0 aliphatic carbocycles. The Morgan fingerprint density at radius 1 is 0.897 bits per heavy atom. The summed E-state index contributed by atoms with van der Waals surface area (Å²) in [5.41, 5.74) is 2.59. The molecule has 0 bridgehead atoms. The van der Waals surface area contributed by atoms with Gasteiger partial charge >= 0.3 is 5.97 Å². The minimum Gasteiger partial charge on any atom is -0.478 e. The molecule has 0 saturated heterocycles. The van der Waals surface area contributed by atoms with Crippen LogP contribution in [0.5, 0.6) is 0 Å². The summed E-state index contributed by atoms with van der Waals surface area (Å²) in [6.07, 6.45) is 0.199.